The average molecular weight is 241 g/mol. The Balaban J connectivity index is 2.24. The molecule has 5 heteroatoms. The third-order valence-electron chi connectivity index (χ3n) is 3.01. The highest BCUT2D eigenvalue weighted by molar-refractivity contribution is 5.83. The minimum atomic E-state index is -0.316. The molecule has 0 bridgehead atoms. The van der Waals surface area contributed by atoms with Crippen molar-refractivity contribution in [2.75, 3.05) is 26.2 Å². The van der Waals surface area contributed by atoms with E-state index in [1.54, 1.807) is 6.92 Å². The van der Waals surface area contributed by atoms with Crippen molar-refractivity contribution in [3.05, 3.63) is 0 Å². The minimum Gasteiger partial charge on any atom is -0.355 e. The summed E-state index contributed by atoms with van der Waals surface area (Å²) in [5, 5.41) is 5.68. The molecule has 0 aromatic rings. The van der Waals surface area contributed by atoms with Crippen molar-refractivity contribution in [3.8, 4) is 0 Å². The lowest BCUT2D eigenvalue weighted by molar-refractivity contribution is -0.131. The highest BCUT2D eigenvalue weighted by atomic mass is 16.2. The second-order valence-electron chi connectivity index (χ2n) is 4.44. The summed E-state index contributed by atoms with van der Waals surface area (Å²) < 4.78 is 0. The summed E-state index contributed by atoms with van der Waals surface area (Å²) in [5.74, 6) is 0.0415. The SMILES string of the molecule is CCNC(=O)C(C)NCC(=O)N1CCCCC1. The molecule has 1 aliphatic rings. The third-order valence-corrected chi connectivity index (χ3v) is 3.01. The summed E-state index contributed by atoms with van der Waals surface area (Å²) in [4.78, 5) is 25.1. The van der Waals surface area contributed by atoms with Crippen LogP contribution >= 0.6 is 0 Å². The second-order valence-corrected chi connectivity index (χ2v) is 4.44. The summed E-state index contributed by atoms with van der Waals surface area (Å²) in [5.41, 5.74) is 0. The first-order valence-electron chi connectivity index (χ1n) is 6.44. The molecule has 1 atom stereocenters. The summed E-state index contributed by atoms with van der Waals surface area (Å²) in [6, 6.07) is -0.316. The molecule has 2 amide bonds. The van der Waals surface area contributed by atoms with Crippen LogP contribution in [-0.4, -0.2) is 48.9 Å². The van der Waals surface area contributed by atoms with Crippen molar-refractivity contribution in [2.45, 2.75) is 39.2 Å². The number of piperidine rings is 1. The largest absolute Gasteiger partial charge is 0.355 e. The smallest absolute Gasteiger partial charge is 0.236 e. The number of likely N-dealkylation sites (N-methyl/N-ethyl adjacent to an activating group) is 1. The van der Waals surface area contributed by atoms with E-state index in [2.05, 4.69) is 10.6 Å². The number of nitrogens with zero attached hydrogens (tertiary/aromatic N) is 1. The highest BCUT2D eigenvalue weighted by Crippen LogP contribution is 2.08. The van der Waals surface area contributed by atoms with E-state index in [-0.39, 0.29) is 24.4 Å². The first-order chi connectivity index (χ1) is 8.15. The van der Waals surface area contributed by atoms with Crippen LogP contribution in [0.2, 0.25) is 0 Å². The van der Waals surface area contributed by atoms with Crippen molar-refractivity contribution >= 4 is 11.8 Å². The zero-order chi connectivity index (χ0) is 12.7. The molecule has 1 aliphatic heterocycles. The number of rotatable bonds is 5. The standard InChI is InChI=1S/C12H23N3O2/c1-3-13-12(17)10(2)14-9-11(16)15-7-5-4-6-8-15/h10,14H,3-9H2,1-2H3,(H,13,17). The molecule has 0 saturated carbocycles. The maximum Gasteiger partial charge on any atom is 0.236 e. The number of amides is 2. The van der Waals surface area contributed by atoms with Crippen LogP contribution in [-0.2, 0) is 9.59 Å². The Hall–Kier alpha value is -1.10. The number of hydrogen-bond donors (Lipinski definition) is 2. The van der Waals surface area contributed by atoms with Crippen LogP contribution in [0.3, 0.4) is 0 Å². The number of nitrogens with one attached hydrogen (secondary N) is 2. The van der Waals surface area contributed by atoms with E-state index in [0.29, 0.717) is 6.54 Å². The Labute approximate surface area is 103 Å². The van der Waals surface area contributed by atoms with Crippen molar-refractivity contribution in [1.82, 2.24) is 15.5 Å². The van der Waals surface area contributed by atoms with E-state index in [0.717, 1.165) is 25.9 Å². The molecule has 0 radical (unpaired) electrons. The third kappa shape index (κ3) is 4.73. The van der Waals surface area contributed by atoms with E-state index in [1.807, 2.05) is 11.8 Å². The zero-order valence-corrected chi connectivity index (χ0v) is 10.8. The topological polar surface area (TPSA) is 61.4 Å². The van der Waals surface area contributed by atoms with Gasteiger partial charge in [0, 0.05) is 19.6 Å². The summed E-state index contributed by atoms with van der Waals surface area (Å²) in [6.45, 7) is 6.23. The second kappa shape index (κ2) is 7.27. The number of hydrogen-bond acceptors (Lipinski definition) is 3. The molecule has 1 rings (SSSR count). The molecule has 0 spiro atoms. The van der Waals surface area contributed by atoms with Gasteiger partial charge < -0.3 is 10.2 Å². The highest BCUT2D eigenvalue weighted by Gasteiger charge is 2.18. The van der Waals surface area contributed by atoms with E-state index in [9.17, 15) is 9.59 Å². The van der Waals surface area contributed by atoms with Crippen LogP contribution in [0, 0.1) is 0 Å². The molecule has 0 aromatic heterocycles. The lowest BCUT2D eigenvalue weighted by Crippen LogP contribution is -2.47. The van der Waals surface area contributed by atoms with Crippen LogP contribution in [0.25, 0.3) is 0 Å². The molecule has 0 aromatic carbocycles. The van der Waals surface area contributed by atoms with Crippen LogP contribution in [0.1, 0.15) is 33.1 Å². The fourth-order valence-corrected chi connectivity index (χ4v) is 1.92. The van der Waals surface area contributed by atoms with Gasteiger partial charge in [-0.1, -0.05) is 0 Å². The zero-order valence-electron chi connectivity index (χ0n) is 10.8. The monoisotopic (exact) mass is 241 g/mol. The van der Waals surface area contributed by atoms with Crippen molar-refractivity contribution in [2.24, 2.45) is 0 Å². The van der Waals surface area contributed by atoms with Gasteiger partial charge in [-0.15, -0.1) is 0 Å². The van der Waals surface area contributed by atoms with Gasteiger partial charge in [0.05, 0.1) is 12.6 Å². The van der Waals surface area contributed by atoms with Gasteiger partial charge in [0.2, 0.25) is 11.8 Å². The fraction of sp³-hybridized carbons (Fsp3) is 0.833. The fourth-order valence-electron chi connectivity index (χ4n) is 1.92. The van der Waals surface area contributed by atoms with Crippen molar-refractivity contribution in [1.29, 1.82) is 0 Å². The lowest BCUT2D eigenvalue weighted by atomic mass is 10.1. The Morgan fingerprint density at radius 3 is 2.47 bits per heavy atom. The number of carbonyl (C=O) groups is 2. The lowest BCUT2D eigenvalue weighted by Gasteiger charge is -2.27. The van der Waals surface area contributed by atoms with Gasteiger partial charge in [-0.25, -0.2) is 0 Å². The molecular formula is C12H23N3O2. The molecule has 1 unspecified atom stereocenters. The van der Waals surface area contributed by atoms with Crippen LogP contribution in [0.4, 0.5) is 0 Å². The quantitative estimate of drug-likeness (QED) is 0.718. The Morgan fingerprint density at radius 1 is 1.24 bits per heavy atom. The molecule has 1 heterocycles. The Kier molecular flexibility index (Phi) is 5.97. The number of carbonyl (C=O) groups excluding carboxylic acids is 2. The van der Waals surface area contributed by atoms with Crippen molar-refractivity contribution < 1.29 is 9.59 Å². The van der Waals surface area contributed by atoms with E-state index in [4.69, 9.17) is 0 Å². The maximum atomic E-state index is 11.8. The predicted octanol–water partition coefficient (Wildman–Crippen LogP) is 0.113. The Morgan fingerprint density at radius 2 is 1.88 bits per heavy atom. The molecule has 0 aliphatic carbocycles. The van der Waals surface area contributed by atoms with E-state index < -0.39 is 0 Å². The van der Waals surface area contributed by atoms with Gasteiger partial charge in [0.15, 0.2) is 0 Å². The molecule has 98 valence electrons. The summed E-state index contributed by atoms with van der Waals surface area (Å²) >= 11 is 0. The molecular weight excluding hydrogens is 218 g/mol. The first-order valence-corrected chi connectivity index (χ1v) is 6.44. The van der Waals surface area contributed by atoms with Gasteiger partial charge in [0.25, 0.3) is 0 Å². The molecule has 5 nitrogen and oxygen atoms in total. The van der Waals surface area contributed by atoms with Gasteiger partial charge >= 0.3 is 0 Å². The van der Waals surface area contributed by atoms with Crippen LogP contribution in [0.5, 0.6) is 0 Å². The molecule has 1 saturated heterocycles. The molecule has 17 heavy (non-hydrogen) atoms. The molecule has 1 fully saturated rings. The summed E-state index contributed by atoms with van der Waals surface area (Å²) in [6.07, 6.45) is 3.40. The predicted molar refractivity (Wildman–Crippen MR) is 66.6 cm³/mol. The van der Waals surface area contributed by atoms with Gasteiger partial charge in [-0.05, 0) is 33.1 Å². The number of likely N-dealkylation sites (tertiary alicyclic amines) is 1. The van der Waals surface area contributed by atoms with E-state index >= 15 is 0 Å². The summed E-state index contributed by atoms with van der Waals surface area (Å²) in [7, 11) is 0. The maximum absolute atomic E-state index is 11.8. The molecule has 2 N–H and O–H groups in total. The minimum absolute atomic E-state index is 0.0565. The van der Waals surface area contributed by atoms with Crippen LogP contribution < -0.4 is 10.6 Å². The average Bonchev–Trinajstić information content (AvgIpc) is 2.36. The normalized spacial score (nSPS) is 17.6. The first kappa shape index (κ1) is 14.0. The van der Waals surface area contributed by atoms with E-state index in [1.165, 1.54) is 6.42 Å². The van der Waals surface area contributed by atoms with Gasteiger partial charge in [-0.2, -0.15) is 0 Å². The van der Waals surface area contributed by atoms with Crippen molar-refractivity contribution in [3.63, 3.8) is 0 Å². The Bertz CT molecular complexity index is 262. The van der Waals surface area contributed by atoms with Gasteiger partial charge in [0.1, 0.15) is 0 Å². The van der Waals surface area contributed by atoms with Crippen LogP contribution in [0.15, 0.2) is 0 Å². The van der Waals surface area contributed by atoms with Gasteiger partial charge in [-0.3, -0.25) is 14.9 Å².